The summed E-state index contributed by atoms with van der Waals surface area (Å²) >= 11 is 2.11. The lowest BCUT2D eigenvalue weighted by Gasteiger charge is -2.49. The van der Waals surface area contributed by atoms with Crippen LogP contribution >= 0.6 is 11.8 Å². The van der Waals surface area contributed by atoms with Crippen molar-refractivity contribution in [3.63, 3.8) is 0 Å². The predicted molar refractivity (Wildman–Crippen MR) is 87.4 cm³/mol. The first-order valence-electron chi connectivity index (χ1n) is 8.61. The van der Waals surface area contributed by atoms with Gasteiger partial charge in [-0.1, -0.05) is 13.8 Å². The van der Waals surface area contributed by atoms with Crippen molar-refractivity contribution in [2.45, 2.75) is 69.9 Å². The summed E-state index contributed by atoms with van der Waals surface area (Å²) in [5.74, 6) is 4.24. The molecule has 3 saturated heterocycles. The second-order valence-corrected chi connectivity index (χ2v) is 8.84. The number of nitrogens with one attached hydrogen (secondary N) is 1. The molecule has 3 rings (SSSR count). The summed E-state index contributed by atoms with van der Waals surface area (Å²) in [7, 11) is 0. The zero-order valence-corrected chi connectivity index (χ0v) is 14.1. The Labute approximate surface area is 128 Å². The first kappa shape index (κ1) is 15.2. The predicted octanol–water partition coefficient (Wildman–Crippen LogP) is 3.85. The van der Waals surface area contributed by atoms with Crippen molar-refractivity contribution in [1.29, 1.82) is 0 Å². The van der Waals surface area contributed by atoms with Crippen molar-refractivity contribution >= 4 is 11.8 Å². The van der Waals surface area contributed by atoms with Crippen LogP contribution in [0, 0.1) is 11.8 Å². The Balaban J connectivity index is 1.73. The van der Waals surface area contributed by atoms with Gasteiger partial charge in [0.05, 0.1) is 5.60 Å². The molecular weight excluding hydrogens is 266 g/mol. The molecule has 2 atom stereocenters. The van der Waals surface area contributed by atoms with E-state index in [4.69, 9.17) is 4.74 Å². The Hall–Kier alpha value is 0.270. The fraction of sp³-hybridized carbons (Fsp3) is 1.00. The van der Waals surface area contributed by atoms with E-state index < -0.39 is 0 Å². The largest absolute Gasteiger partial charge is 0.375 e. The molecule has 2 unspecified atom stereocenters. The summed E-state index contributed by atoms with van der Waals surface area (Å²) in [5.41, 5.74) is 0.665. The highest BCUT2D eigenvalue weighted by molar-refractivity contribution is 7.99. The first-order valence-corrected chi connectivity index (χ1v) is 9.76. The molecule has 2 nitrogen and oxygen atoms in total. The second kappa shape index (κ2) is 6.18. The minimum absolute atomic E-state index is 0.239. The quantitative estimate of drug-likeness (QED) is 0.855. The molecule has 0 aromatic carbocycles. The topological polar surface area (TPSA) is 21.3 Å². The zero-order chi connectivity index (χ0) is 14.1. The summed E-state index contributed by atoms with van der Waals surface area (Å²) in [6, 6.07) is 0. The van der Waals surface area contributed by atoms with E-state index in [-0.39, 0.29) is 5.60 Å². The smallest absolute Gasteiger partial charge is 0.0701 e. The fourth-order valence-electron chi connectivity index (χ4n) is 4.84. The van der Waals surface area contributed by atoms with Crippen LogP contribution in [0.5, 0.6) is 0 Å². The van der Waals surface area contributed by atoms with Gasteiger partial charge in [0, 0.05) is 12.1 Å². The Morgan fingerprint density at radius 2 is 2.05 bits per heavy atom. The van der Waals surface area contributed by atoms with Crippen LogP contribution in [-0.2, 0) is 4.74 Å². The highest BCUT2D eigenvalue weighted by atomic mass is 32.2. The van der Waals surface area contributed by atoms with Crippen LogP contribution in [0.25, 0.3) is 0 Å². The first-order chi connectivity index (χ1) is 9.64. The standard InChI is InChI=1S/C17H31NOS/c1-14(2)12-17(5-3-8-18-17)15-4-9-19-16(13-15)6-10-20-11-7-16/h14-15,18H,3-13H2,1-2H3. The maximum Gasteiger partial charge on any atom is 0.0701 e. The van der Waals surface area contributed by atoms with Crippen molar-refractivity contribution in [3.05, 3.63) is 0 Å². The SMILES string of the molecule is CC(C)CC1(C2CCOC3(CCSCC3)C2)CCCN1. The van der Waals surface area contributed by atoms with Crippen molar-refractivity contribution in [2.24, 2.45) is 11.8 Å². The van der Waals surface area contributed by atoms with Crippen molar-refractivity contribution in [1.82, 2.24) is 5.32 Å². The van der Waals surface area contributed by atoms with Gasteiger partial charge in [-0.25, -0.2) is 0 Å². The maximum absolute atomic E-state index is 6.31. The van der Waals surface area contributed by atoms with Gasteiger partial charge in [-0.3, -0.25) is 0 Å². The minimum Gasteiger partial charge on any atom is -0.375 e. The van der Waals surface area contributed by atoms with E-state index in [9.17, 15) is 0 Å². The number of rotatable bonds is 3. The van der Waals surface area contributed by atoms with Crippen LogP contribution in [0.1, 0.15) is 58.8 Å². The summed E-state index contributed by atoms with van der Waals surface area (Å²) in [4.78, 5) is 0. The molecule has 1 N–H and O–H groups in total. The Kier molecular flexibility index (Phi) is 4.69. The highest BCUT2D eigenvalue weighted by Gasteiger charge is 2.48. The molecule has 0 bridgehead atoms. The summed E-state index contributed by atoms with van der Waals surface area (Å²) < 4.78 is 6.31. The Bertz CT molecular complexity index is 313. The summed E-state index contributed by atoms with van der Waals surface area (Å²) in [6.07, 6.45) is 9.26. The van der Waals surface area contributed by atoms with Gasteiger partial charge in [-0.05, 0) is 74.8 Å². The number of thioether (sulfide) groups is 1. The Morgan fingerprint density at radius 1 is 1.25 bits per heavy atom. The average molecular weight is 298 g/mol. The van der Waals surface area contributed by atoms with Gasteiger partial charge in [-0.15, -0.1) is 0 Å². The van der Waals surface area contributed by atoms with Gasteiger partial charge in [0.1, 0.15) is 0 Å². The van der Waals surface area contributed by atoms with Crippen LogP contribution in [0.4, 0.5) is 0 Å². The van der Waals surface area contributed by atoms with Crippen LogP contribution < -0.4 is 5.32 Å². The van der Waals surface area contributed by atoms with Gasteiger partial charge in [0.15, 0.2) is 0 Å². The molecule has 1 spiro atoms. The lowest BCUT2D eigenvalue weighted by atomic mass is 9.68. The van der Waals surface area contributed by atoms with Crippen molar-refractivity contribution in [3.8, 4) is 0 Å². The van der Waals surface area contributed by atoms with Gasteiger partial charge in [0.2, 0.25) is 0 Å². The third-order valence-electron chi connectivity index (χ3n) is 5.73. The number of ether oxygens (including phenoxy) is 1. The molecule has 3 fully saturated rings. The van der Waals surface area contributed by atoms with E-state index in [1.54, 1.807) is 0 Å². The van der Waals surface area contributed by atoms with E-state index in [0.29, 0.717) is 5.54 Å². The molecular formula is C17H31NOS. The van der Waals surface area contributed by atoms with Crippen molar-refractivity contribution < 1.29 is 4.74 Å². The molecule has 3 heteroatoms. The monoisotopic (exact) mass is 297 g/mol. The van der Waals surface area contributed by atoms with Gasteiger partial charge in [-0.2, -0.15) is 11.8 Å². The fourth-order valence-corrected chi connectivity index (χ4v) is 6.08. The van der Waals surface area contributed by atoms with E-state index in [0.717, 1.165) is 18.4 Å². The summed E-state index contributed by atoms with van der Waals surface area (Å²) in [6.45, 7) is 6.99. The molecule has 0 aromatic rings. The summed E-state index contributed by atoms with van der Waals surface area (Å²) in [5, 5.41) is 3.93. The molecule has 0 amide bonds. The molecule has 3 aliphatic rings. The van der Waals surface area contributed by atoms with E-state index >= 15 is 0 Å². The van der Waals surface area contributed by atoms with Crippen molar-refractivity contribution in [2.75, 3.05) is 24.7 Å². The van der Waals surface area contributed by atoms with E-state index in [2.05, 4.69) is 30.9 Å². The van der Waals surface area contributed by atoms with Crippen LogP contribution in [0.2, 0.25) is 0 Å². The lowest BCUT2D eigenvalue weighted by molar-refractivity contribution is -0.117. The molecule has 3 heterocycles. The van der Waals surface area contributed by atoms with E-state index in [1.165, 1.54) is 63.0 Å². The number of hydrogen-bond donors (Lipinski definition) is 1. The molecule has 116 valence electrons. The van der Waals surface area contributed by atoms with Crippen LogP contribution in [0.3, 0.4) is 0 Å². The minimum atomic E-state index is 0.239. The van der Waals surface area contributed by atoms with Crippen LogP contribution in [0.15, 0.2) is 0 Å². The van der Waals surface area contributed by atoms with Crippen LogP contribution in [-0.4, -0.2) is 35.8 Å². The molecule has 0 aliphatic carbocycles. The third-order valence-corrected chi connectivity index (χ3v) is 6.71. The maximum atomic E-state index is 6.31. The highest BCUT2D eigenvalue weighted by Crippen LogP contribution is 2.46. The van der Waals surface area contributed by atoms with Gasteiger partial charge in [0.25, 0.3) is 0 Å². The van der Waals surface area contributed by atoms with E-state index in [1.807, 2.05) is 0 Å². The number of hydrogen-bond acceptors (Lipinski definition) is 3. The normalized spacial score (nSPS) is 37.6. The average Bonchev–Trinajstić information content (AvgIpc) is 2.89. The second-order valence-electron chi connectivity index (χ2n) is 7.62. The molecule has 3 aliphatic heterocycles. The molecule has 0 saturated carbocycles. The zero-order valence-electron chi connectivity index (χ0n) is 13.2. The van der Waals surface area contributed by atoms with Gasteiger partial charge >= 0.3 is 0 Å². The molecule has 20 heavy (non-hydrogen) atoms. The Morgan fingerprint density at radius 3 is 2.70 bits per heavy atom. The molecule has 0 aromatic heterocycles. The lowest BCUT2D eigenvalue weighted by Crippen LogP contribution is -2.54. The third kappa shape index (κ3) is 3.05. The van der Waals surface area contributed by atoms with Gasteiger partial charge < -0.3 is 10.1 Å². The molecule has 0 radical (unpaired) electrons.